The topological polar surface area (TPSA) is 84.2 Å². The van der Waals surface area contributed by atoms with Gasteiger partial charge in [-0.1, -0.05) is 12.1 Å². The van der Waals surface area contributed by atoms with Crippen LogP contribution in [0.5, 0.6) is 0 Å². The van der Waals surface area contributed by atoms with E-state index in [0.717, 1.165) is 82.9 Å². The molecule has 0 atom stereocenters. The van der Waals surface area contributed by atoms with Gasteiger partial charge in [0.05, 0.1) is 18.7 Å². The molecule has 0 saturated carbocycles. The number of hydrogen-bond acceptors (Lipinski definition) is 6. The van der Waals surface area contributed by atoms with Crippen molar-refractivity contribution in [2.24, 2.45) is 0 Å². The number of pyridine rings is 2. The van der Waals surface area contributed by atoms with Crippen LogP contribution in [-0.2, 0) is 10.5 Å². The van der Waals surface area contributed by atoms with Crippen LogP contribution < -0.4 is 16.2 Å². The number of aromatic amines is 1. The predicted octanol–water partition coefficient (Wildman–Crippen LogP) is 6.55. The van der Waals surface area contributed by atoms with Gasteiger partial charge in [-0.05, 0) is 77.7 Å². The fraction of sp³-hybridized carbons (Fsp3) is 0.188. The summed E-state index contributed by atoms with van der Waals surface area (Å²) in [4.78, 5) is 22.6. The number of rotatable bonds is 6. The Kier molecular flexibility index (Phi) is 7.47. The highest BCUT2D eigenvalue weighted by Crippen LogP contribution is 2.34. The number of hydrogen-bond donors (Lipinski definition) is 2. The van der Waals surface area contributed by atoms with Crippen molar-refractivity contribution in [3.63, 3.8) is 0 Å². The Bertz CT molecular complexity index is 1820. The first-order chi connectivity index (χ1) is 19.9. The third kappa shape index (κ3) is 5.68. The zero-order valence-electron chi connectivity index (χ0n) is 22.4. The van der Waals surface area contributed by atoms with Crippen LogP contribution in [0.4, 0.5) is 20.3 Å². The quantitative estimate of drug-likeness (QED) is 0.225. The van der Waals surface area contributed by atoms with Crippen molar-refractivity contribution in [2.75, 3.05) is 36.9 Å². The zero-order valence-corrected chi connectivity index (χ0v) is 23.2. The molecule has 0 spiro atoms. The number of morpholine rings is 1. The van der Waals surface area contributed by atoms with Gasteiger partial charge in [0.15, 0.2) is 0 Å². The van der Waals surface area contributed by atoms with Crippen LogP contribution in [0.25, 0.3) is 33.2 Å². The summed E-state index contributed by atoms with van der Waals surface area (Å²) in [5.74, 6) is -0.588. The lowest BCUT2D eigenvalue weighted by molar-refractivity contribution is 0.122. The number of ether oxygens (including phenoxy) is 1. The minimum Gasteiger partial charge on any atom is -0.383 e. The molecule has 9 heteroatoms. The minimum atomic E-state index is -0.648. The second-order valence-electron chi connectivity index (χ2n) is 10.0. The Morgan fingerprint density at radius 2 is 1.78 bits per heavy atom. The van der Waals surface area contributed by atoms with E-state index in [-0.39, 0.29) is 16.2 Å². The monoisotopic (exact) mass is 570 g/mol. The van der Waals surface area contributed by atoms with Crippen LogP contribution >= 0.6 is 11.8 Å². The van der Waals surface area contributed by atoms with Crippen molar-refractivity contribution >= 4 is 34.2 Å². The highest BCUT2D eigenvalue weighted by Gasteiger charge is 2.15. The first kappa shape index (κ1) is 27.0. The van der Waals surface area contributed by atoms with Crippen LogP contribution in [-0.4, -0.2) is 36.3 Å². The Hall–Kier alpha value is -4.21. The van der Waals surface area contributed by atoms with Gasteiger partial charge < -0.3 is 20.4 Å². The molecule has 0 aliphatic carbocycles. The summed E-state index contributed by atoms with van der Waals surface area (Å²) in [5, 5.41) is 0.914. The van der Waals surface area contributed by atoms with E-state index in [1.54, 1.807) is 12.3 Å². The predicted molar refractivity (Wildman–Crippen MR) is 161 cm³/mol. The van der Waals surface area contributed by atoms with Crippen LogP contribution in [0, 0.1) is 18.6 Å². The average molecular weight is 571 g/mol. The number of aromatic nitrogens is 2. The van der Waals surface area contributed by atoms with Crippen molar-refractivity contribution < 1.29 is 13.5 Å². The minimum absolute atomic E-state index is 0.237. The third-order valence-corrected chi connectivity index (χ3v) is 8.39. The maximum Gasteiger partial charge on any atom is 0.252 e. The molecule has 0 amide bonds. The number of nitrogens with one attached hydrogen (secondary N) is 1. The van der Waals surface area contributed by atoms with Gasteiger partial charge in [0.2, 0.25) is 0 Å². The molecule has 0 bridgehead atoms. The third-order valence-electron chi connectivity index (χ3n) is 7.29. The zero-order chi connectivity index (χ0) is 28.5. The Balaban J connectivity index is 1.30. The summed E-state index contributed by atoms with van der Waals surface area (Å²) in [6, 6.07) is 19.5. The maximum atomic E-state index is 14.1. The van der Waals surface area contributed by atoms with Gasteiger partial charge in [-0.2, -0.15) is 0 Å². The van der Waals surface area contributed by atoms with E-state index in [2.05, 4.69) is 40.0 Å². The van der Waals surface area contributed by atoms with Crippen molar-refractivity contribution in [2.45, 2.75) is 17.6 Å². The molecule has 1 saturated heterocycles. The average Bonchev–Trinajstić information content (AvgIpc) is 2.97. The molecule has 41 heavy (non-hydrogen) atoms. The summed E-state index contributed by atoms with van der Waals surface area (Å²) in [5.41, 5.74) is 13.3. The first-order valence-corrected chi connectivity index (χ1v) is 14.3. The second kappa shape index (κ2) is 11.3. The largest absolute Gasteiger partial charge is 0.383 e. The van der Waals surface area contributed by atoms with E-state index in [4.69, 9.17) is 10.5 Å². The van der Waals surface area contributed by atoms with Crippen LogP contribution in [0.1, 0.15) is 11.1 Å². The van der Waals surface area contributed by atoms with Gasteiger partial charge in [-0.15, -0.1) is 11.8 Å². The number of anilines is 2. The molecule has 0 unspecified atom stereocenters. The van der Waals surface area contributed by atoms with Crippen molar-refractivity contribution in [1.29, 1.82) is 0 Å². The summed E-state index contributed by atoms with van der Waals surface area (Å²) >= 11 is 1.15. The standard InChI is InChI=1S/C32H28F2N4O2S/c1-19-12-21(3-6-29(19)38-8-10-40-11-9-38)26-15-22-13-20(2-5-28(22)37-31(26)35)23-14-24(32(39)36-17-23)18-41-30-7-4-25(33)16-27(30)34/h2-7,12-17H,8-11,18H2,1H3,(H2,35,37)(H,36,39). The van der Waals surface area contributed by atoms with Gasteiger partial charge in [-0.3, -0.25) is 4.79 Å². The number of benzene rings is 3. The molecule has 5 aromatic rings. The van der Waals surface area contributed by atoms with Crippen LogP contribution in [0.3, 0.4) is 0 Å². The van der Waals surface area contributed by atoms with Gasteiger partial charge in [0, 0.05) is 58.2 Å². The highest BCUT2D eigenvalue weighted by atomic mass is 32.2. The fourth-order valence-corrected chi connectivity index (χ4v) is 6.02. The molecule has 3 N–H and O–H groups in total. The van der Waals surface area contributed by atoms with E-state index in [1.165, 1.54) is 17.8 Å². The van der Waals surface area contributed by atoms with Gasteiger partial charge in [0.25, 0.3) is 5.56 Å². The van der Waals surface area contributed by atoms with Gasteiger partial charge >= 0.3 is 0 Å². The molecule has 208 valence electrons. The molecule has 2 aromatic heterocycles. The number of halogens is 2. The Labute approximate surface area is 240 Å². The molecule has 1 aliphatic rings. The number of aryl methyl sites for hydroxylation is 1. The smallest absolute Gasteiger partial charge is 0.252 e. The van der Waals surface area contributed by atoms with Crippen LogP contribution in [0.2, 0.25) is 0 Å². The lowest BCUT2D eigenvalue weighted by atomic mass is 9.99. The SMILES string of the molecule is Cc1cc(-c2cc3cc(-c4c[nH]c(=O)c(CSc5ccc(F)cc5F)c4)ccc3nc2N)ccc1N1CCOCC1. The van der Waals surface area contributed by atoms with E-state index in [9.17, 15) is 13.6 Å². The van der Waals surface area contributed by atoms with Crippen LogP contribution in [0.15, 0.2) is 82.6 Å². The maximum absolute atomic E-state index is 14.1. The second-order valence-corrected chi connectivity index (χ2v) is 11.1. The lowest BCUT2D eigenvalue weighted by Gasteiger charge is -2.30. The fourth-order valence-electron chi connectivity index (χ4n) is 5.14. The Morgan fingerprint density at radius 1 is 0.976 bits per heavy atom. The molecule has 6 rings (SSSR count). The van der Waals surface area contributed by atoms with E-state index in [0.29, 0.717) is 11.4 Å². The summed E-state index contributed by atoms with van der Waals surface area (Å²) in [6.45, 7) is 5.31. The number of nitrogens with zero attached hydrogens (tertiary/aromatic N) is 2. The van der Waals surface area contributed by atoms with E-state index >= 15 is 0 Å². The number of H-pyrrole nitrogens is 1. The van der Waals surface area contributed by atoms with Crippen molar-refractivity contribution in [1.82, 2.24) is 9.97 Å². The summed E-state index contributed by atoms with van der Waals surface area (Å²) < 4.78 is 32.8. The Morgan fingerprint density at radius 3 is 2.56 bits per heavy atom. The number of nitrogens with two attached hydrogens (primary N) is 1. The molecular formula is C32H28F2N4O2S. The van der Waals surface area contributed by atoms with Crippen molar-refractivity contribution in [3.8, 4) is 22.3 Å². The first-order valence-electron chi connectivity index (χ1n) is 13.3. The molecule has 1 fully saturated rings. The van der Waals surface area contributed by atoms with E-state index < -0.39 is 11.6 Å². The lowest BCUT2D eigenvalue weighted by Crippen LogP contribution is -2.36. The molecule has 3 aromatic carbocycles. The highest BCUT2D eigenvalue weighted by molar-refractivity contribution is 7.98. The molecule has 0 radical (unpaired) electrons. The van der Waals surface area contributed by atoms with E-state index in [1.807, 2.05) is 24.3 Å². The molecule has 6 nitrogen and oxygen atoms in total. The summed E-state index contributed by atoms with van der Waals surface area (Å²) in [6.07, 6.45) is 1.66. The summed E-state index contributed by atoms with van der Waals surface area (Å²) in [7, 11) is 0. The number of fused-ring (bicyclic) bond motifs is 1. The van der Waals surface area contributed by atoms with Crippen molar-refractivity contribution in [3.05, 3.63) is 106 Å². The van der Waals surface area contributed by atoms with Gasteiger partial charge in [-0.25, -0.2) is 13.8 Å². The molecule has 3 heterocycles. The molecule has 1 aliphatic heterocycles. The normalized spacial score (nSPS) is 13.6. The number of thioether (sulfide) groups is 1. The van der Waals surface area contributed by atoms with Gasteiger partial charge in [0.1, 0.15) is 17.5 Å². The molecular weight excluding hydrogens is 542 g/mol. The number of nitrogen functional groups attached to an aromatic ring is 1.